The smallest absolute Gasteiger partial charge is 0.261 e. The molecular formula is C32H32Br2N2O3. The lowest BCUT2D eigenvalue weighted by Crippen LogP contribution is -2.52. The van der Waals surface area contributed by atoms with Gasteiger partial charge in [0.25, 0.3) is 5.91 Å². The summed E-state index contributed by atoms with van der Waals surface area (Å²) in [6.07, 6.45) is 0.393. The maximum absolute atomic E-state index is 13.8. The van der Waals surface area contributed by atoms with E-state index in [1.165, 1.54) is 0 Å². The largest absolute Gasteiger partial charge is 0.483 e. The summed E-state index contributed by atoms with van der Waals surface area (Å²) in [4.78, 5) is 29.1. The summed E-state index contributed by atoms with van der Waals surface area (Å²) in [6, 6.07) is 28.7. The van der Waals surface area contributed by atoms with Gasteiger partial charge in [0, 0.05) is 24.0 Å². The van der Waals surface area contributed by atoms with Gasteiger partial charge in [0.1, 0.15) is 11.8 Å². The van der Waals surface area contributed by atoms with Crippen molar-refractivity contribution in [2.75, 3.05) is 13.2 Å². The van der Waals surface area contributed by atoms with Crippen LogP contribution in [0.15, 0.2) is 99.9 Å². The van der Waals surface area contributed by atoms with E-state index in [-0.39, 0.29) is 30.9 Å². The van der Waals surface area contributed by atoms with Gasteiger partial charge in [-0.2, -0.15) is 0 Å². The number of nitrogens with zero attached hydrogens (tertiary/aromatic N) is 1. The summed E-state index contributed by atoms with van der Waals surface area (Å²) >= 11 is 7.17. The van der Waals surface area contributed by atoms with Crippen molar-refractivity contribution in [3.63, 3.8) is 0 Å². The third-order valence-corrected chi connectivity index (χ3v) is 7.69. The second kappa shape index (κ2) is 13.8. The van der Waals surface area contributed by atoms with Crippen molar-refractivity contribution in [2.45, 2.75) is 32.9 Å². The number of nitrogens with one attached hydrogen (secondary N) is 1. The molecule has 0 saturated carbocycles. The van der Waals surface area contributed by atoms with Crippen LogP contribution < -0.4 is 10.1 Å². The lowest BCUT2D eigenvalue weighted by molar-refractivity contribution is -0.142. The maximum Gasteiger partial charge on any atom is 0.261 e. The van der Waals surface area contributed by atoms with Crippen LogP contribution in [0.2, 0.25) is 0 Å². The van der Waals surface area contributed by atoms with Gasteiger partial charge in [-0.1, -0.05) is 103 Å². The molecule has 39 heavy (non-hydrogen) atoms. The van der Waals surface area contributed by atoms with Crippen molar-refractivity contribution in [1.82, 2.24) is 10.2 Å². The van der Waals surface area contributed by atoms with E-state index < -0.39 is 6.04 Å². The van der Waals surface area contributed by atoms with Crippen LogP contribution in [0.3, 0.4) is 0 Å². The van der Waals surface area contributed by atoms with E-state index in [0.29, 0.717) is 18.7 Å². The number of benzene rings is 4. The van der Waals surface area contributed by atoms with Crippen LogP contribution in [-0.4, -0.2) is 35.9 Å². The molecule has 0 aliphatic carbocycles. The van der Waals surface area contributed by atoms with Crippen LogP contribution in [0.5, 0.6) is 5.75 Å². The Bertz CT molecular complexity index is 1430. The molecule has 202 valence electrons. The first kappa shape index (κ1) is 28.8. The van der Waals surface area contributed by atoms with Crippen molar-refractivity contribution in [1.29, 1.82) is 0 Å². The number of halogens is 2. The molecule has 4 aromatic carbocycles. The van der Waals surface area contributed by atoms with Crippen molar-refractivity contribution >= 4 is 54.4 Å². The Morgan fingerprint density at radius 1 is 0.872 bits per heavy atom. The molecule has 0 bridgehead atoms. The molecule has 0 fully saturated rings. The van der Waals surface area contributed by atoms with E-state index in [0.717, 1.165) is 30.8 Å². The van der Waals surface area contributed by atoms with Crippen molar-refractivity contribution < 1.29 is 14.3 Å². The van der Waals surface area contributed by atoms with Crippen LogP contribution in [0, 0.1) is 5.92 Å². The van der Waals surface area contributed by atoms with Gasteiger partial charge >= 0.3 is 0 Å². The van der Waals surface area contributed by atoms with Crippen molar-refractivity contribution in [2.24, 2.45) is 5.92 Å². The Kier molecular flexibility index (Phi) is 10.2. The molecule has 0 aliphatic heterocycles. The molecule has 1 N–H and O–H groups in total. The number of rotatable bonds is 11. The van der Waals surface area contributed by atoms with Gasteiger partial charge < -0.3 is 15.0 Å². The molecule has 0 saturated heterocycles. The standard InChI is InChI=1S/C32H32Br2N2O3/c1-22(2)19-35-32(38)28(18-23-9-4-3-5-10-23)36(20-24-11-8-13-26(33)17-24)30(37)21-39-29-16-15-25-12-6-7-14-27(25)31(29)34/h3-17,22,28H,18-21H2,1-2H3,(H,35,38)/t28-/m0/s1. The number of fused-ring (bicyclic) bond motifs is 1. The third kappa shape index (κ3) is 7.93. The fourth-order valence-electron chi connectivity index (χ4n) is 4.36. The highest BCUT2D eigenvalue weighted by Gasteiger charge is 2.31. The minimum absolute atomic E-state index is 0.178. The number of carbonyl (C=O) groups is 2. The zero-order chi connectivity index (χ0) is 27.8. The minimum Gasteiger partial charge on any atom is -0.483 e. The summed E-state index contributed by atoms with van der Waals surface area (Å²) in [5.41, 5.74) is 1.90. The van der Waals surface area contributed by atoms with E-state index in [9.17, 15) is 9.59 Å². The first-order valence-electron chi connectivity index (χ1n) is 13.0. The first-order chi connectivity index (χ1) is 18.8. The molecule has 0 aliphatic rings. The van der Waals surface area contributed by atoms with Crippen LogP contribution in [0.25, 0.3) is 10.8 Å². The van der Waals surface area contributed by atoms with E-state index in [1.807, 2.05) is 105 Å². The third-order valence-electron chi connectivity index (χ3n) is 6.38. The summed E-state index contributed by atoms with van der Waals surface area (Å²) < 4.78 is 7.75. The number of ether oxygens (including phenoxy) is 1. The Labute approximate surface area is 246 Å². The van der Waals surface area contributed by atoms with Crippen LogP contribution in [0.1, 0.15) is 25.0 Å². The first-order valence-corrected chi connectivity index (χ1v) is 14.6. The van der Waals surface area contributed by atoms with Gasteiger partial charge in [-0.15, -0.1) is 0 Å². The number of hydrogen-bond acceptors (Lipinski definition) is 3. The average Bonchev–Trinajstić information content (AvgIpc) is 2.94. The SMILES string of the molecule is CC(C)CNC(=O)[C@H](Cc1ccccc1)N(Cc1cccc(Br)c1)C(=O)COc1ccc2ccccc2c1Br. The second-order valence-electron chi connectivity index (χ2n) is 9.88. The molecular weight excluding hydrogens is 620 g/mol. The minimum atomic E-state index is -0.707. The van der Waals surface area contributed by atoms with Gasteiger partial charge in [0.2, 0.25) is 5.91 Å². The zero-order valence-electron chi connectivity index (χ0n) is 22.1. The van der Waals surface area contributed by atoms with Gasteiger partial charge in [0.15, 0.2) is 6.61 Å². The molecule has 0 heterocycles. The molecule has 4 rings (SSSR count). The Hall–Kier alpha value is -3.16. The van der Waals surface area contributed by atoms with E-state index in [4.69, 9.17) is 4.74 Å². The maximum atomic E-state index is 13.8. The number of hydrogen-bond donors (Lipinski definition) is 1. The topological polar surface area (TPSA) is 58.6 Å². The molecule has 7 heteroatoms. The highest BCUT2D eigenvalue weighted by Crippen LogP contribution is 2.33. The lowest BCUT2D eigenvalue weighted by Gasteiger charge is -2.32. The van der Waals surface area contributed by atoms with Crippen LogP contribution in [-0.2, 0) is 22.6 Å². The summed E-state index contributed by atoms with van der Waals surface area (Å²) in [5, 5.41) is 5.12. The number of carbonyl (C=O) groups excluding carboxylic acids is 2. The molecule has 0 aromatic heterocycles. The molecule has 2 amide bonds. The molecule has 4 aromatic rings. The van der Waals surface area contributed by atoms with Crippen molar-refractivity contribution in [3.05, 3.63) is 111 Å². The molecule has 5 nitrogen and oxygen atoms in total. The van der Waals surface area contributed by atoms with Crippen LogP contribution in [0.4, 0.5) is 0 Å². The highest BCUT2D eigenvalue weighted by atomic mass is 79.9. The zero-order valence-corrected chi connectivity index (χ0v) is 25.2. The monoisotopic (exact) mass is 650 g/mol. The predicted molar refractivity (Wildman–Crippen MR) is 164 cm³/mol. The molecule has 1 atom stereocenters. The van der Waals surface area contributed by atoms with Crippen molar-refractivity contribution in [3.8, 4) is 5.75 Å². The second-order valence-corrected chi connectivity index (χ2v) is 11.6. The average molecular weight is 652 g/mol. The van der Waals surface area contributed by atoms with E-state index in [1.54, 1.807) is 4.90 Å². The summed E-state index contributed by atoms with van der Waals surface area (Å²) in [5.74, 6) is 0.418. The van der Waals surface area contributed by atoms with Gasteiger partial charge in [0.05, 0.1) is 4.47 Å². The lowest BCUT2D eigenvalue weighted by atomic mass is 10.0. The Morgan fingerprint density at radius 2 is 1.59 bits per heavy atom. The fourth-order valence-corrected chi connectivity index (χ4v) is 5.41. The molecule has 0 unspecified atom stereocenters. The normalized spacial score (nSPS) is 11.8. The quantitative estimate of drug-likeness (QED) is 0.187. The summed E-state index contributed by atoms with van der Waals surface area (Å²) in [7, 11) is 0. The van der Waals surface area contributed by atoms with Crippen LogP contribution >= 0.6 is 31.9 Å². The summed E-state index contributed by atoms with van der Waals surface area (Å²) in [6.45, 7) is 4.70. The van der Waals surface area contributed by atoms with Gasteiger partial charge in [-0.3, -0.25) is 9.59 Å². The molecule has 0 spiro atoms. The highest BCUT2D eigenvalue weighted by molar-refractivity contribution is 9.11. The number of amides is 2. The van der Waals surface area contributed by atoms with Gasteiger partial charge in [-0.25, -0.2) is 0 Å². The van der Waals surface area contributed by atoms with E-state index >= 15 is 0 Å². The van der Waals surface area contributed by atoms with E-state index in [2.05, 4.69) is 37.2 Å². The van der Waals surface area contributed by atoms with Gasteiger partial charge in [-0.05, 0) is 61.9 Å². The molecule has 0 radical (unpaired) electrons. The Morgan fingerprint density at radius 3 is 2.33 bits per heavy atom. The fraction of sp³-hybridized carbons (Fsp3) is 0.250. The predicted octanol–water partition coefficient (Wildman–Crippen LogP) is 7.16. The Balaban J connectivity index is 1.63.